The highest BCUT2D eigenvalue weighted by atomic mass is 14.9. The van der Waals surface area contributed by atoms with Crippen molar-refractivity contribution in [2.75, 3.05) is 0 Å². The lowest BCUT2D eigenvalue weighted by Gasteiger charge is -2.00. The van der Waals surface area contributed by atoms with Gasteiger partial charge in [-0.1, -0.05) is 12.1 Å². The predicted octanol–water partition coefficient (Wildman–Crippen LogP) is 2.64. The molecule has 0 bridgehead atoms. The Hall–Kier alpha value is -3.00. The first-order valence-corrected chi connectivity index (χ1v) is 6.17. The molecule has 0 aliphatic rings. The fourth-order valence-electron chi connectivity index (χ4n) is 1.97. The highest BCUT2D eigenvalue weighted by Crippen LogP contribution is 2.19. The Morgan fingerprint density at radius 3 is 3.00 bits per heavy atom. The highest BCUT2D eigenvalue weighted by molar-refractivity contribution is 5.77. The molecule has 0 amide bonds. The van der Waals surface area contributed by atoms with Gasteiger partial charge in [0.1, 0.15) is 11.2 Å². The van der Waals surface area contributed by atoms with Crippen LogP contribution >= 0.6 is 0 Å². The first-order valence-electron chi connectivity index (χ1n) is 6.17. The Balaban J connectivity index is 2.04. The van der Waals surface area contributed by atoms with E-state index in [-0.39, 0.29) is 0 Å². The molecule has 0 spiro atoms. The van der Waals surface area contributed by atoms with Crippen LogP contribution in [0.25, 0.3) is 22.6 Å². The van der Waals surface area contributed by atoms with E-state index in [1.54, 1.807) is 18.5 Å². The summed E-state index contributed by atoms with van der Waals surface area (Å²) in [5.74, 6) is 0. The van der Waals surface area contributed by atoms with E-state index in [0.29, 0.717) is 6.42 Å². The van der Waals surface area contributed by atoms with Gasteiger partial charge in [-0.05, 0) is 18.6 Å². The molecule has 0 aliphatic heterocycles. The molecule has 0 saturated heterocycles. The molecule has 5 nitrogen and oxygen atoms in total. The monoisotopic (exact) mass is 261 g/mol. The van der Waals surface area contributed by atoms with Gasteiger partial charge in [0, 0.05) is 24.0 Å². The summed E-state index contributed by atoms with van der Waals surface area (Å²) >= 11 is 0. The van der Waals surface area contributed by atoms with Gasteiger partial charge in [0.15, 0.2) is 5.65 Å². The number of H-pyrrole nitrogens is 1. The largest absolute Gasteiger partial charge is 0.345 e. The smallest absolute Gasteiger partial charge is 0.156 e. The number of hydrogen-bond acceptors (Lipinski definition) is 4. The van der Waals surface area contributed by atoms with Crippen LogP contribution in [0.5, 0.6) is 0 Å². The highest BCUT2D eigenvalue weighted by Gasteiger charge is 2.08. The second-order valence-electron chi connectivity index (χ2n) is 4.22. The molecule has 1 N–H and O–H groups in total. The van der Waals surface area contributed by atoms with E-state index >= 15 is 0 Å². The van der Waals surface area contributed by atoms with Crippen LogP contribution in [-0.4, -0.2) is 19.9 Å². The molecule has 3 aromatic heterocycles. The number of allylic oxidation sites excluding steroid dienone is 2. The van der Waals surface area contributed by atoms with Crippen molar-refractivity contribution < 1.29 is 0 Å². The van der Waals surface area contributed by atoms with Crippen molar-refractivity contribution in [2.45, 2.75) is 6.42 Å². The Morgan fingerprint density at radius 2 is 2.20 bits per heavy atom. The first-order chi connectivity index (χ1) is 9.88. The number of rotatable bonds is 3. The van der Waals surface area contributed by atoms with Gasteiger partial charge in [-0.25, -0.2) is 9.97 Å². The molecule has 0 atom stereocenters. The summed E-state index contributed by atoms with van der Waals surface area (Å²) in [6, 6.07) is 7.66. The molecule has 96 valence electrons. The number of hydrogen-bond donors (Lipinski definition) is 1. The third-order valence-electron chi connectivity index (χ3n) is 2.92. The van der Waals surface area contributed by atoms with E-state index in [0.717, 1.165) is 28.1 Å². The van der Waals surface area contributed by atoms with Crippen LogP contribution in [0.15, 0.2) is 48.9 Å². The van der Waals surface area contributed by atoms with E-state index < -0.39 is 0 Å². The average Bonchev–Trinajstić information content (AvgIpc) is 2.91. The van der Waals surface area contributed by atoms with E-state index in [1.165, 1.54) is 6.08 Å². The lowest BCUT2D eigenvalue weighted by molar-refractivity contribution is 1.22. The van der Waals surface area contributed by atoms with Crippen LogP contribution < -0.4 is 0 Å². The minimum atomic E-state index is 0.647. The number of pyridine rings is 1. The van der Waals surface area contributed by atoms with Gasteiger partial charge >= 0.3 is 0 Å². The molecule has 3 aromatic rings. The predicted molar refractivity (Wildman–Crippen MR) is 75.6 cm³/mol. The second-order valence-corrected chi connectivity index (χ2v) is 4.22. The van der Waals surface area contributed by atoms with Gasteiger partial charge in [-0.2, -0.15) is 5.26 Å². The van der Waals surface area contributed by atoms with Gasteiger partial charge in [-0.15, -0.1) is 0 Å². The van der Waals surface area contributed by atoms with Crippen LogP contribution in [0.4, 0.5) is 0 Å². The third-order valence-corrected chi connectivity index (χ3v) is 2.92. The number of fused-ring (bicyclic) bond motifs is 1. The fourth-order valence-corrected chi connectivity index (χ4v) is 1.97. The van der Waals surface area contributed by atoms with Crippen LogP contribution in [0.1, 0.15) is 5.56 Å². The maximum absolute atomic E-state index is 8.52. The zero-order valence-electron chi connectivity index (χ0n) is 10.6. The van der Waals surface area contributed by atoms with Crippen molar-refractivity contribution in [3.63, 3.8) is 0 Å². The molecule has 20 heavy (non-hydrogen) atoms. The summed E-state index contributed by atoms with van der Waals surface area (Å²) in [4.78, 5) is 16.3. The number of aromatic nitrogens is 4. The van der Waals surface area contributed by atoms with Gasteiger partial charge in [0.2, 0.25) is 0 Å². The van der Waals surface area contributed by atoms with Crippen LogP contribution in [0.3, 0.4) is 0 Å². The summed E-state index contributed by atoms with van der Waals surface area (Å²) in [6.07, 6.45) is 9.22. The molecule has 5 heteroatoms. The van der Waals surface area contributed by atoms with Crippen molar-refractivity contribution in [3.8, 4) is 17.5 Å². The van der Waals surface area contributed by atoms with E-state index in [9.17, 15) is 0 Å². The van der Waals surface area contributed by atoms with Crippen LogP contribution in [0.2, 0.25) is 0 Å². The number of nitriles is 1. The van der Waals surface area contributed by atoms with Gasteiger partial charge in [0.25, 0.3) is 0 Å². The molecule has 0 fully saturated rings. The summed E-state index contributed by atoms with van der Waals surface area (Å²) < 4.78 is 0. The second kappa shape index (κ2) is 5.33. The van der Waals surface area contributed by atoms with Crippen molar-refractivity contribution in [3.05, 3.63) is 54.5 Å². The lowest BCUT2D eigenvalue weighted by atomic mass is 10.2. The van der Waals surface area contributed by atoms with Crippen LogP contribution in [-0.2, 0) is 6.42 Å². The standard InChI is InChI=1S/C15H11N5/c16-7-3-1-5-11-9-18-15-14(11)20-13(10-19-15)12-6-2-4-8-17-12/h1-4,6,8-10H,5H2,(H,18,19)/b3-1-. The quantitative estimate of drug-likeness (QED) is 0.735. The van der Waals surface area contributed by atoms with Crippen molar-refractivity contribution in [1.29, 1.82) is 5.26 Å². The lowest BCUT2D eigenvalue weighted by Crippen LogP contribution is -1.90. The summed E-state index contributed by atoms with van der Waals surface area (Å²) in [7, 11) is 0. The first kappa shape index (κ1) is 12.1. The zero-order valence-corrected chi connectivity index (χ0v) is 10.6. The third kappa shape index (κ3) is 2.27. The molecule has 3 rings (SSSR count). The summed E-state index contributed by atoms with van der Waals surface area (Å²) in [5, 5.41) is 8.52. The van der Waals surface area contributed by atoms with Crippen molar-refractivity contribution >= 4 is 11.2 Å². The maximum atomic E-state index is 8.52. The molecule has 0 unspecified atom stereocenters. The number of nitrogens with one attached hydrogen (secondary N) is 1. The van der Waals surface area contributed by atoms with Crippen LogP contribution in [0, 0.1) is 11.3 Å². The molecular weight excluding hydrogens is 250 g/mol. The zero-order chi connectivity index (χ0) is 13.8. The van der Waals surface area contributed by atoms with Gasteiger partial charge in [0.05, 0.1) is 18.0 Å². The summed E-state index contributed by atoms with van der Waals surface area (Å²) in [5.41, 5.74) is 4.10. The molecule has 0 radical (unpaired) electrons. The Bertz CT molecular complexity index is 796. The number of aromatic amines is 1. The fraction of sp³-hybridized carbons (Fsp3) is 0.0667. The molecule has 0 saturated carbocycles. The summed E-state index contributed by atoms with van der Waals surface area (Å²) in [6.45, 7) is 0. The topological polar surface area (TPSA) is 78.2 Å². The van der Waals surface area contributed by atoms with E-state index in [2.05, 4.69) is 19.9 Å². The van der Waals surface area contributed by atoms with E-state index in [4.69, 9.17) is 5.26 Å². The van der Waals surface area contributed by atoms with E-state index in [1.807, 2.05) is 30.5 Å². The van der Waals surface area contributed by atoms with Crippen molar-refractivity contribution in [2.24, 2.45) is 0 Å². The molecule has 0 aliphatic carbocycles. The normalized spacial score (nSPS) is 10.9. The molecule has 0 aromatic carbocycles. The maximum Gasteiger partial charge on any atom is 0.156 e. The SMILES string of the molecule is N#C/C=C\Cc1c[nH]c2ncc(-c3ccccn3)nc12. The minimum absolute atomic E-state index is 0.647. The Morgan fingerprint density at radius 1 is 1.25 bits per heavy atom. The molecule has 3 heterocycles. The average molecular weight is 261 g/mol. The Kier molecular flexibility index (Phi) is 3.21. The van der Waals surface area contributed by atoms with Gasteiger partial charge < -0.3 is 4.98 Å². The van der Waals surface area contributed by atoms with Crippen molar-refractivity contribution in [1.82, 2.24) is 19.9 Å². The molecular formula is C15H11N5. The minimum Gasteiger partial charge on any atom is -0.345 e. The van der Waals surface area contributed by atoms with Gasteiger partial charge in [-0.3, -0.25) is 4.98 Å². The Labute approximate surface area is 115 Å². The number of nitrogens with zero attached hydrogens (tertiary/aromatic N) is 4.